The first-order valence-corrected chi connectivity index (χ1v) is 8.94. The lowest BCUT2D eigenvalue weighted by atomic mass is 10.1. The van der Waals surface area contributed by atoms with Crippen molar-refractivity contribution in [2.24, 2.45) is 27.2 Å². The van der Waals surface area contributed by atoms with E-state index in [0.29, 0.717) is 13.1 Å². The maximum Gasteiger partial charge on any atom is 0.280 e. The topological polar surface area (TPSA) is 210 Å². The van der Waals surface area contributed by atoms with Gasteiger partial charge in [0.25, 0.3) is 5.91 Å². The van der Waals surface area contributed by atoms with Crippen LogP contribution < -0.4 is 34.0 Å². The molecule has 14 heteroatoms. The normalized spacial score (nSPS) is 10.4. The summed E-state index contributed by atoms with van der Waals surface area (Å²) in [6.07, 6.45) is 6.10. The fourth-order valence-corrected chi connectivity index (χ4v) is 2.29. The van der Waals surface area contributed by atoms with Gasteiger partial charge in [0.1, 0.15) is 0 Å². The van der Waals surface area contributed by atoms with E-state index in [1.807, 2.05) is 0 Å². The number of carbonyl (C=O) groups is 1. The van der Waals surface area contributed by atoms with Crippen LogP contribution in [0.3, 0.4) is 0 Å². The SMILES string of the molecule is Cl.Cl.NC(N)=NCCCCCCCCN=C(N)NC(=O)c1nc(Cl)c(N)nc1N. The summed E-state index contributed by atoms with van der Waals surface area (Å²) in [7, 11) is 0. The van der Waals surface area contributed by atoms with Crippen LogP contribution >= 0.6 is 36.4 Å². The second-order valence-electron chi connectivity index (χ2n) is 5.78. The van der Waals surface area contributed by atoms with Gasteiger partial charge >= 0.3 is 0 Å². The van der Waals surface area contributed by atoms with Gasteiger partial charge in [0.15, 0.2) is 34.4 Å². The van der Waals surface area contributed by atoms with Gasteiger partial charge in [-0.3, -0.25) is 20.1 Å². The molecule has 0 atom stereocenters. The van der Waals surface area contributed by atoms with E-state index in [4.69, 9.17) is 40.3 Å². The molecule has 1 aromatic rings. The summed E-state index contributed by atoms with van der Waals surface area (Å²) >= 11 is 5.74. The fourth-order valence-electron chi connectivity index (χ4n) is 2.16. The summed E-state index contributed by atoms with van der Waals surface area (Å²) in [5.74, 6) is -0.729. The quantitative estimate of drug-likeness (QED) is 0.163. The minimum absolute atomic E-state index is 0. The number of amides is 1. The van der Waals surface area contributed by atoms with Crippen LogP contribution in [-0.2, 0) is 0 Å². The molecule has 1 rings (SSSR count). The molecule has 0 aliphatic rings. The van der Waals surface area contributed by atoms with Gasteiger partial charge < -0.3 is 28.7 Å². The highest BCUT2D eigenvalue weighted by Gasteiger charge is 2.16. The molecule has 0 radical (unpaired) electrons. The molecule has 0 saturated carbocycles. The van der Waals surface area contributed by atoms with Gasteiger partial charge in [0, 0.05) is 13.1 Å². The lowest BCUT2D eigenvalue weighted by molar-refractivity contribution is 0.0972. The summed E-state index contributed by atoms with van der Waals surface area (Å²) in [5, 5.41) is 2.28. The molecule has 0 aliphatic carbocycles. The molecule has 11 N–H and O–H groups in total. The van der Waals surface area contributed by atoms with Crippen LogP contribution in [0.15, 0.2) is 9.98 Å². The molecule has 166 valence electrons. The smallest absolute Gasteiger partial charge is 0.280 e. The van der Waals surface area contributed by atoms with Gasteiger partial charge in [-0.25, -0.2) is 9.97 Å². The molecule has 1 amide bonds. The van der Waals surface area contributed by atoms with Crippen molar-refractivity contribution in [3.63, 3.8) is 0 Å². The van der Waals surface area contributed by atoms with E-state index in [0.717, 1.165) is 38.5 Å². The molecule has 1 aromatic heterocycles. The maximum atomic E-state index is 12.1. The average Bonchev–Trinajstić information content (AvgIpc) is 2.59. The summed E-state index contributed by atoms with van der Waals surface area (Å²) in [6.45, 7) is 1.17. The monoisotopic (exact) mass is 470 g/mol. The van der Waals surface area contributed by atoms with Crippen LogP contribution in [0.1, 0.15) is 49.0 Å². The number of aliphatic imine (C=N–C) groups is 2. The van der Waals surface area contributed by atoms with Crippen molar-refractivity contribution in [2.75, 3.05) is 24.6 Å². The number of hydrogen-bond donors (Lipinski definition) is 6. The molecule has 0 aliphatic heterocycles. The summed E-state index contributed by atoms with van der Waals surface area (Å²) in [4.78, 5) is 27.6. The molecule has 0 spiro atoms. The molecule has 11 nitrogen and oxygen atoms in total. The zero-order chi connectivity index (χ0) is 20.2. The van der Waals surface area contributed by atoms with Crippen LogP contribution in [0.4, 0.5) is 11.6 Å². The second-order valence-corrected chi connectivity index (χ2v) is 6.14. The first-order chi connectivity index (χ1) is 12.8. The van der Waals surface area contributed by atoms with Gasteiger partial charge in [0.05, 0.1) is 0 Å². The van der Waals surface area contributed by atoms with Crippen molar-refractivity contribution in [1.82, 2.24) is 15.3 Å². The highest BCUT2D eigenvalue weighted by molar-refractivity contribution is 6.31. The number of aromatic nitrogens is 2. The number of halogens is 3. The molecular formula is C15H29Cl3N10O. The molecule has 29 heavy (non-hydrogen) atoms. The Morgan fingerprint density at radius 3 is 1.93 bits per heavy atom. The van der Waals surface area contributed by atoms with Gasteiger partial charge in [-0.1, -0.05) is 37.3 Å². The Balaban J connectivity index is 0. The van der Waals surface area contributed by atoms with Crippen LogP contribution in [-0.4, -0.2) is 40.9 Å². The minimum Gasteiger partial charge on any atom is -0.382 e. The van der Waals surface area contributed by atoms with E-state index in [1.165, 1.54) is 0 Å². The Hall–Kier alpha value is -2.24. The first kappa shape index (κ1) is 29.0. The summed E-state index contributed by atoms with van der Waals surface area (Å²) in [5.41, 5.74) is 27.1. The van der Waals surface area contributed by atoms with Crippen molar-refractivity contribution < 1.29 is 4.79 Å². The van der Waals surface area contributed by atoms with Crippen LogP contribution in [0, 0.1) is 0 Å². The zero-order valence-electron chi connectivity index (χ0n) is 15.9. The number of nitrogens with two attached hydrogens (primary N) is 5. The van der Waals surface area contributed by atoms with Crippen molar-refractivity contribution in [3.05, 3.63) is 10.8 Å². The molecular weight excluding hydrogens is 443 g/mol. The average molecular weight is 472 g/mol. The van der Waals surface area contributed by atoms with Gasteiger partial charge in [0.2, 0.25) is 0 Å². The summed E-state index contributed by atoms with van der Waals surface area (Å²) < 4.78 is 0. The number of nitrogens with one attached hydrogen (secondary N) is 1. The molecule has 0 unspecified atom stereocenters. The number of nitrogen functional groups attached to an aromatic ring is 2. The van der Waals surface area contributed by atoms with Crippen LogP contribution in [0.5, 0.6) is 0 Å². The van der Waals surface area contributed by atoms with Crippen molar-refractivity contribution in [2.45, 2.75) is 38.5 Å². The van der Waals surface area contributed by atoms with E-state index in [-0.39, 0.29) is 59.2 Å². The molecule has 0 fully saturated rings. The Bertz CT molecular complexity index is 695. The van der Waals surface area contributed by atoms with E-state index in [9.17, 15) is 4.79 Å². The van der Waals surface area contributed by atoms with E-state index >= 15 is 0 Å². The van der Waals surface area contributed by atoms with Crippen molar-refractivity contribution in [3.8, 4) is 0 Å². The minimum atomic E-state index is -0.649. The Kier molecular flexibility index (Phi) is 15.6. The number of anilines is 2. The number of nitrogens with zero attached hydrogens (tertiary/aromatic N) is 4. The molecule has 0 saturated heterocycles. The molecule has 1 heterocycles. The Morgan fingerprint density at radius 1 is 0.862 bits per heavy atom. The van der Waals surface area contributed by atoms with Crippen molar-refractivity contribution >= 4 is 65.9 Å². The van der Waals surface area contributed by atoms with Gasteiger partial charge in [-0.2, -0.15) is 0 Å². The largest absolute Gasteiger partial charge is 0.382 e. The van der Waals surface area contributed by atoms with Crippen LogP contribution in [0.25, 0.3) is 0 Å². The van der Waals surface area contributed by atoms with Gasteiger partial charge in [-0.05, 0) is 12.8 Å². The standard InChI is InChI=1S/C15H27ClN10O.2ClH/c16-10-12(18)25-11(17)9(24-10)13(27)26-15(21)23-8-6-4-2-1-3-5-7-22-14(19)20;;/h1-8H2,(H4,17,18,25)(H4,19,20,22)(H3,21,23,26,27);2*1H. The number of guanidine groups is 2. The van der Waals surface area contributed by atoms with E-state index in [1.54, 1.807) is 0 Å². The lowest BCUT2D eigenvalue weighted by Gasteiger charge is -2.07. The Labute approximate surface area is 187 Å². The number of rotatable bonds is 10. The fraction of sp³-hybridized carbons (Fsp3) is 0.533. The number of carbonyl (C=O) groups excluding carboxylic acids is 1. The summed E-state index contributed by atoms with van der Waals surface area (Å²) in [6, 6.07) is 0. The number of unbranched alkanes of at least 4 members (excludes halogenated alkanes) is 5. The highest BCUT2D eigenvalue weighted by Crippen LogP contribution is 2.17. The van der Waals surface area contributed by atoms with Crippen molar-refractivity contribution in [1.29, 1.82) is 0 Å². The Morgan fingerprint density at radius 2 is 1.38 bits per heavy atom. The van der Waals surface area contributed by atoms with Gasteiger partial charge in [-0.15, -0.1) is 24.8 Å². The predicted molar refractivity (Wildman–Crippen MR) is 123 cm³/mol. The van der Waals surface area contributed by atoms with Crippen LogP contribution in [0.2, 0.25) is 5.15 Å². The zero-order valence-corrected chi connectivity index (χ0v) is 18.3. The predicted octanol–water partition coefficient (Wildman–Crippen LogP) is 0.797. The first-order valence-electron chi connectivity index (χ1n) is 8.56. The highest BCUT2D eigenvalue weighted by atomic mass is 35.5. The molecule has 0 aromatic carbocycles. The number of hydrogen-bond acceptors (Lipinski definition) is 7. The third-order valence-electron chi connectivity index (χ3n) is 3.50. The van der Waals surface area contributed by atoms with E-state index in [2.05, 4.69) is 25.3 Å². The van der Waals surface area contributed by atoms with E-state index < -0.39 is 5.91 Å². The maximum absolute atomic E-state index is 12.1. The molecule has 0 bridgehead atoms. The lowest BCUT2D eigenvalue weighted by Crippen LogP contribution is -2.38. The second kappa shape index (κ2) is 15.7. The third-order valence-corrected chi connectivity index (χ3v) is 3.78. The third kappa shape index (κ3) is 12.0.